The van der Waals surface area contributed by atoms with Crippen molar-refractivity contribution in [2.75, 3.05) is 33.2 Å². The molecule has 10 nitrogen and oxygen atoms in total. The topological polar surface area (TPSA) is 174 Å². The summed E-state index contributed by atoms with van der Waals surface area (Å²) in [6.07, 6.45) is -1.27. The Bertz CT molecular complexity index is 344. The number of nitrogens with zero attached hydrogens (tertiary/aromatic N) is 1. The van der Waals surface area contributed by atoms with Gasteiger partial charge in [-0.2, -0.15) is 0 Å². The third kappa shape index (κ3) is 11.4. The number of nitrogens with one attached hydrogen (secondary N) is 2. The van der Waals surface area contributed by atoms with Crippen molar-refractivity contribution in [2.45, 2.75) is 31.1 Å². The zero-order chi connectivity index (χ0) is 17.1. The van der Waals surface area contributed by atoms with Crippen LogP contribution >= 0.6 is 0 Å². The van der Waals surface area contributed by atoms with Crippen molar-refractivity contribution in [3.8, 4) is 0 Å². The molecule has 0 aliphatic rings. The average Bonchev–Trinajstić information content (AvgIpc) is 2.36. The molecule has 9 N–H and O–H groups in total. The summed E-state index contributed by atoms with van der Waals surface area (Å²) in [6, 6.07) is -0.561. The molecule has 0 aliphatic heterocycles. The minimum atomic E-state index is -1.06. The van der Waals surface area contributed by atoms with Gasteiger partial charge in [-0.15, -0.1) is 0 Å². The molecule has 10 heteroatoms. The maximum atomic E-state index is 11.6. The summed E-state index contributed by atoms with van der Waals surface area (Å²) in [4.78, 5) is 22.0. The van der Waals surface area contributed by atoms with E-state index in [2.05, 4.69) is 10.7 Å². The molecule has 0 saturated carbocycles. The van der Waals surface area contributed by atoms with Gasteiger partial charge in [0.1, 0.15) is 6.54 Å². The van der Waals surface area contributed by atoms with E-state index < -0.39 is 30.1 Å². The van der Waals surface area contributed by atoms with E-state index in [1.54, 1.807) is 0 Å². The zero-order valence-electron chi connectivity index (χ0n) is 12.7. The van der Waals surface area contributed by atoms with E-state index in [0.717, 1.165) is 5.01 Å². The molecule has 0 rings (SSSR count). The number of hydrogen-bond donors (Lipinski definition) is 7. The second-order valence-corrected chi connectivity index (χ2v) is 5.19. The molecule has 22 heavy (non-hydrogen) atoms. The summed E-state index contributed by atoms with van der Waals surface area (Å²) < 4.78 is 0. The van der Waals surface area contributed by atoms with Gasteiger partial charge in [0, 0.05) is 39.1 Å². The highest BCUT2D eigenvalue weighted by molar-refractivity contribution is 5.76. The van der Waals surface area contributed by atoms with Crippen LogP contribution in [-0.4, -0.2) is 83.7 Å². The first-order valence-corrected chi connectivity index (χ1v) is 6.99. The number of hydrazine groups is 1. The van der Waals surface area contributed by atoms with Gasteiger partial charge in [-0.3, -0.25) is 15.0 Å². The summed E-state index contributed by atoms with van der Waals surface area (Å²) in [5.74, 6) is -1.48. The van der Waals surface area contributed by atoms with E-state index in [0.29, 0.717) is 0 Å². The van der Waals surface area contributed by atoms with Crippen LogP contribution in [-0.2, 0) is 9.59 Å². The second kappa shape index (κ2) is 11.3. The van der Waals surface area contributed by atoms with E-state index >= 15 is 0 Å². The Morgan fingerprint density at radius 3 is 2.36 bits per heavy atom. The van der Waals surface area contributed by atoms with Crippen LogP contribution in [0.15, 0.2) is 0 Å². The maximum Gasteiger partial charge on any atom is 0.319 e. The molecular weight excluding hydrogens is 294 g/mol. The number of aliphatic carboxylic acids is 1. The van der Waals surface area contributed by atoms with Gasteiger partial charge >= 0.3 is 5.97 Å². The molecule has 0 radical (unpaired) electrons. The third-order valence-corrected chi connectivity index (χ3v) is 2.74. The first-order chi connectivity index (χ1) is 10.2. The number of carboxylic acids is 1. The van der Waals surface area contributed by atoms with Crippen LogP contribution in [0, 0.1) is 0 Å². The van der Waals surface area contributed by atoms with Crippen LogP contribution < -0.4 is 22.2 Å². The number of carbonyl (C=O) groups excluding carboxylic acids is 1. The Morgan fingerprint density at radius 1 is 1.23 bits per heavy atom. The summed E-state index contributed by atoms with van der Waals surface area (Å²) in [7, 11) is 1.43. The second-order valence-electron chi connectivity index (χ2n) is 5.19. The lowest BCUT2D eigenvalue weighted by atomic mass is 10.1. The van der Waals surface area contributed by atoms with E-state index in [1.807, 2.05) is 0 Å². The summed E-state index contributed by atoms with van der Waals surface area (Å²) in [5.41, 5.74) is 13.4. The van der Waals surface area contributed by atoms with Crippen molar-refractivity contribution in [3.05, 3.63) is 0 Å². The SMILES string of the molecule is CN(CC(=O)O)NC(=O)C[C@H](N)C[C@@H](O)CNC[C@H](O)CN. The predicted octanol–water partition coefficient (Wildman–Crippen LogP) is -3.59. The van der Waals surface area contributed by atoms with Crippen molar-refractivity contribution in [2.24, 2.45) is 11.5 Å². The Morgan fingerprint density at radius 2 is 1.82 bits per heavy atom. The number of carboxylic acid groups (broad SMARTS) is 1. The lowest BCUT2D eigenvalue weighted by Crippen LogP contribution is -2.45. The Balaban J connectivity index is 3.88. The molecule has 130 valence electrons. The molecule has 0 saturated heterocycles. The third-order valence-electron chi connectivity index (χ3n) is 2.74. The fourth-order valence-corrected chi connectivity index (χ4v) is 1.76. The molecule has 0 aliphatic carbocycles. The van der Waals surface area contributed by atoms with Crippen molar-refractivity contribution < 1.29 is 24.9 Å². The summed E-state index contributed by atoms with van der Waals surface area (Å²) in [6.45, 7) is 0.304. The van der Waals surface area contributed by atoms with Gasteiger partial charge in [-0.1, -0.05) is 0 Å². The molecule has 0 unspecified atom stereocenters. The van der Waals surface area contributed by atoms with Crippen LogP contribution in [0.25, 0.3) is 0 Å². The normalized spacial score (nSPS) is 15.4. The lowest BCUT2D eigenvalue weighted by Gasteiger charge is -2.20. The van der Waals surface area contributed by atoms with E-state index in [1.165, 1.54) is 7.05 Å². The molecule has 0 aromatic heterocycles. The van der Waals surface area contributed by atoms with Gasteiger partial charge in [0.05, 0.1) is 12.2 Å². The fraction of sp³-hybridized carbons (Fsp3) is 0.833. The van der Waals surface area contributed by atoms with Crippen LogP contribution in [0.3, 0.4) is 0 Å². The highest BCUT2D eigenvalue weighted by atomic mass is 16.4. The quantitative estimate of drug-likeness (QED) is 0.179. The number of aliphatic hydroxyl groups is 2. The Hall–Kier alpha value is -1.30. The summed E-state index contributed by atoms with van der Waals surface area (Å²) in [5, 5.41) is 31.5. The van der Waals surface area contributed by atoms with E-state index in [9.17, 15) is 19.8 Å². The van der Waals surface area contributed by atoms with Gasteiger partial charge in [0.25, 0.3) is 0 Å². The minimum absolute atomic E-state index is 0.0353. The first-order valence-electron chi connectivity index (χ1n) is 6.99. The van der Waals surface area contributed by atoms with E-state index in [-0.39, 0.29) is 39.0 Å². The molecule has 3 atom stereocenters. The molecule has 0 spiro atoms. The zero-order valence-corrected chi connectivity index (χ0v) is 12.7. The number of rotatable bonds is 12. The van der Waals surface area contributed by atoms with Gasteiger partial charge < -0.3 is 32.1 Å². The largest absolute Gasteiger partial charge is 0.480 e. The van der Waals surface area contributed by atoms with Crippen LogP contribution in [0.1, 0.15) is 12.8 Å². The highest BCUT2D eigenvalue weighted by Gasteiger charge is 2.16. The molecule has 0 fully saturated rings. The van der Waals surface area contributed by atoms with Crippen LogP contribution in [0.2, 0.25) is 0 Å². The fourth-order valence-electron chi connectivity index (χ4n) is 1.76. The molecule has 0 aromatic carbocycles. The number of carbonyl (C=O) groups is 2. The van der Waals surface area contributed by atoms with Crippen molar-refractivity contribution >= 4 is 11.9 Å². The van der Waals surface area contributed by atoms with Gasteiger partial charge in [-0.25, -0.2) is 5.01 Å². The van der Waals surface area contributed by atoms with Crippen molar-refractivity contribution in [3.63, 3.8) is 0 Å². The first kappa shape index (κ1) is 20.7. The molecule has 0 bridgehead atoms. The molecule has 1 amide bonds. The number of amides is 1. The highest BCUT2D eigenvalue weighted by Crippen LogP contribution is 2.00. The number of hydrogen-bond acceptors (Lipinski definition) is 8. The smallest absolute Gasteiger partial charge is 0.319 e. The standard InChI is InChI=1S/C12H27N5O5/c1-17(7-12(21)22)16-11(20)3-8(14)2-9(18)5-15-6-10(19)4-13/h8-10,15,18-19H,2-7,13-14H2,1H3,(H,16,20)(H,21,22)/t8-,9-,10-/m1/s1. The lowest BCUT2D eigenvalue weighted by molar-refractivity contribution is -0.139. The summed E-state index contributed by atoms with van der Waals surface area (Å²) >= 11 is 0. The van der Waals surface area contributed by atoms with Gasteiger partial charge in [-0.05, 0) is 6.42 Å². The van der Waals surface area contributed by atoms with Gasteiger partial charge in [0.15, 0.2) is 0 Å². The number of likely N-dealkylation sites (N-methyl/N-ethyl adjacent to an activating group) is 1. The van der Waals surface area contributed by atoms with E-state index in [4.69, 9.17) is 16.6 Å². The molecule has 0 heterocycles. The number of aliphatic hydroxyl groups excluding tert-OH is 2. The van der Waals surface area contributed by atoms with Crippen molar-refractivity contribution in [1.29, 1.82) is 0 Å². The minimum Gasteiger partial charge on any atom is -0.480 e. The monoisotopic (exact) mass is 321 g/mol. The predicted molar refractivity (Wildman–Crippen MR) is 79.6 cm³/mol. The Kier molecular flexibility index (Phi) is 10.6. The van der Waals surface area contributed by atoms with Crippen LogP contribution in [0.4, 0.5) is 0 Å². The molecular formula is C12H27N5O5. The van der Waals surface area contributed by atoms with Crippen molar-refractivity contribution in [1.82, 2.24) is 15.8 Å². The van der Waals surface area contributed by atoms with Crippen LogP contribution in [0.5, 0.6) is 0 Å². The Labute approximate surface area is 129 Å². The number of nitrogens with two attached hydrogens (primary N) is 2. The average molecular weight is 321 g/mol. The molecule has 0 aromatic rings. The maximum absolute atomic E-state index is 11.6. The van der Waals surface area contributed by atoms with Gasteiger partial charge in [0.2, 0.25) is 5.91 Å².